The van der Waals surface area contributed by atoms with E-state index in [9.17, 15) is 9.59 Å². The van der Waals surface area contributed by atoms with E-state index in [0.29, 0.717) is 17.8 Å². The minimum atomic E-state index is -0.160. The lowest BCUT2D eigenvalue weighted by Gasteiger charge is -2.29. The van der Waals surface area contributed by atoms with E-state index in [-0.39, 0.29) is 17.9 Å². The number of benzene rings is 2. The summed E-state index contributed by atoms with van der Waals surface area (Å²) in [5.74, 6) is -0.255. The zero-order chi connectivity index (χ0) is 20.7. The fourth-order valence-corrected chi connectivity index (χ4v) is 4.58. The van der Waals surface area contributed by atoms with Gasteiger partial charge in [0.1, 0.15) is 5.69 Å². The first-order chi connectivity index (χ1) is 14.6. The summed E-state index contributed by atoms with van der Waals surface area (Å²) in [6, 6.07) is 19.4. The highest BCUT2D eigenvalue weighted by atomic mass is 16.2. The van der Waals surface area contributed by atoms with Crippen LogP contribution in [0.3, 0.4) is 0 Å². The Morgan fingerprint density at radius 3 is 2.50 bits per heavy atom. The molecular weight excluding hydrogens is 374 g/mol. The van der Waals surface area contributed by atoms with Crippen LogP contribution in [0.4, 0.5) is 11.4 Å². The van der Waals surface area contributed by atoms with Gasteiger partial charge in [-0.2, -0.15) is 0 Å². The van der Waals surface area contributed by atoms with E-state index >= 15 is 0 Å². The van der Waals surface area contributed by atoms with Crippen molar-refractivity contribution in [3.05, 3.63) is 89.2 Å². The standard InChI is InChI=1S/C25H23N3O2/c1-17-15-19-8-3-5-11-23(19)28(17)24(29)20-12-13-26-21(16-20)25(30)27-14-6-9-18-7-2-4-10-22(18)27/h2-5,7-8,10-13,16-17H,6,9,14-15H2,1H3. The van der Waals surface area contributed by atoms with Gasteiger partial charge in [-0.05, 0) is 61.6 Å². The van der Waals surface area contributed by atoms with Crippen molar-refractivity contribution in [2.45, 2.75) is 32.2 Å². The Balaban J connectivity index is 1.46. The quantitative estimate of drug-likeness (QED) is 0.649. The number of amides is 2. The average molecular weight is 397 g/mol. The highest BCUT2D eigenvalue weighted by molar-refractivity contribution is 6.10. The first-order valence-corrected chi connectivity index (χ1v) is 10.4. The molecule has 2 aliphatic heterocycles. The number of carbonyl (C=O) groups excluding carboxylic acids is 2. The summed E-state index contributed by atoms with van der Waals surface area (Å²) in [7, 11) is 0. The number of nitrogens with zero attached hydrogens (tertiary/aromatic N) is 3. The van der Waals surface area contributed by atoms with Gasteiger partial charge in [-0.1, -0.05) is 36.4 Å². The van der Waals surface area contributed by atoms with Crippen LogP contribution in [-0.2, 0) is 12.8 Å². The van der Waals surface area contributed by atoms with E-state index in [1.165, 1.54) is 11.1 Å². The van der Waals surface area contributed by atoms with E-state index in [1.807, 2.05) is 41.3 Å². The Kier molecular flexibility index (Phi) is 4.58. The first-order valence-electron chi connectivity index (χ1n) is 10.4. The zero-order valence-corrected chi connectivity index (χ0v) is 16.9. The molecule has 150 valence electrons. The number of fused-ring (bicyclic) bond motifs is 2. The summed E-state index contributed by atoms with van der Waals surface area (Å²) in [5.41, 5.74) is 5.03. The normalized spacial score (nSPS) is 17.4. The van der Waals surface area contributed by atoms with Gasteiger partial charge in [-0.3, -0.25) is 14.6 Å². The van der Waals surface area contributed by atoms with Crippen molar-refractivity contribution < 1.29 is 9.59 Å². The maximum atomic E-state index is 13.3. The third kappa shape index (κ3) is 3.07. The predicted octanol–water partition coefficient (Wildman–Crippen LogP) is 4.27. The third-order valence-corrected chi connectivity index (χ3v) is 6.01. The van der Waals surface area contributed by atoms with Crippen molar-refractivity contribution in [2.75, 3.05) is 16.3 Å². The summed E-state index contributed by atoms with van der Waals surface area (Å²) < 4.78 is 0. The van der Waals surface area contributed by atoms with Gasteiger partial charge >= 0.3 is 0 Å². The Bertz CT molecular complexity index is 1140. The van der Waals surface area contributed by atoms with Gasteiger partial charge in [0.2, 0.25) is 0 Å². The van der Waals surface area contributed by atoms with Gasteiger partial charge in [0.05, 0.1) is 0 Å². The zero-order valence-electron chi connectivity index (χ0n) is 16.9. The van der Waals surface area contributed by atoms with Gasteiger partial charge in [-0.25, -0.2) is 0 Å². The van der Waals surface area contributed by atoms with E-state index in [1.54, 1.807) is 23.2 Å². The monoisotopic (exact) mass is 397 g/mol. The summed E-state index contributed by atoms with van der Waals surface area (Å²) in [4.78, 5) is 34.5. The molecule has 2 aliphatic rings. The van der Waals surface area contributed by atoms with Crippen LogP contribution in [0.5, 0.6) is 0 Å². The maximum absolute atomic E-state index is 13.3. The minimum Gasteiger partial charge on any atom is -0.307 e. The summed E-state index contributed by atoms with van der Waals surface area (Å²) in [5, 5.41) is 0. The number of aromatic nitrogens is 1. The number of hydrogen-bond donors (Lipinski definition) is 0. The highest BCUT2D eigenvalue weighted by Crippen LogP contribution is 2.33. The fourth-order valence-electron chi connectivity index (χ4n) is 4.58. The van der Waals surface area contributed by atoms with Crippen LogP contribution in [0.25, 0.3) is 0 Å². The number of hydrogen-bond acceptors (Lipinski definition) is 3. The Morgan fingerprint density at radius 1 is 0.933 bits per heavy atom. The van der Waals surface area contributed by atoms with E-state index < -0.39 is 0 Å². The van der Waals surface area contributed by atoms with Crippen LogP contribution in [0.2, 0.25) is 0 Å². The lowest BCUT2D eigenvalue weighted by atomic mass is 10.0. The van der Waals surface area contributed by atoms with Crippen LogP contribution in [0.1, 0.15) is 45.3 Å². The van der Waals surface area contributed by atoms with Crippen molar-refractivity contribution in [1.29, 1.82) is 0 Å². The number of pyridine rings is 1. The van der Waals surface area contributed by atoms with Crippen LogP contribution >= 0.6 is 0 Å². The van der Waals surface area contributed by atoms with Crippen molar-refractivity contribution in [2.24, 2.45) is 0 Å². The first kappa shape index (κ1) is 18.6. The second-order valence-corrected chi connectivity index (χ2v) is 7.98. The summed E-state index contributed by atoms with van der Waals surface area (Å²) >= 11 is 0. The van der Waals surface area contributed by atoms with Crippen molar-refractivity contribution in [3.63, 3.8) is 0 Å². The Hall–Kier alpha value is -3.47. The van der Waals surface area contributed by atoms with Crippen LogP contribution in [0, 0.1) is 0 Å². The smallest absolute Gasteiger partial charge is 0.276 e. The van der Waals surface area contributed by atoms with E-state index in [0.717, 1.165) is 30.6 Å². The van der Waals surface area contributed by atoms with Crippen LogP contribution in [-0.4, -0.2) is 29.4 Å². The molecule has 30 heavy (non-hydrogen) atoms. The van der Waals surface area contributed by atoms with Crippen molar-refractivity contribution in [1.82, 2.24) is 4.98 Å². The van der Waals surface area contributed by atoms with Gasteiger partial charge in [0.25, 0.3) is 11.8 Å². The molecule has 1 atom stereocenters. The molecule has 3 aromatic rings. The highest BCUT2D eigenvalue weighted by Gasteiger charge is 2.32. The van der Waals surface area contributed by atoms with E-state index in [2.05, 4.69) is 24.0 Å². The molecule has 0 N–H and O–H groups in total. The molecule has 0 aliphatic carbocycles. The second-order valence-electron chi connectivity index (χ2n) is 7.98. The summed E-state index contributed by atoms with van der Waals surface area (Å²) in [6.45, 7) is 2.71. The fraction of sp³-hybridized carbons (Fsp3) is 0.240. The lowest BCUT2D eigenvalue weighted by molar-refractivity contribution is 0.0980. The maximum Gasteiger partial charge on any atom is 0.276 e. The molecule has 5 nitrogen and oxygen atoms in total. The Labute approximate surface area is 176 Å². The number of rotatable bonds is 2. The lowest BCUT2D eigenvalue weighted by Crippen LogP contribution is -2.37. The molecule has 2 amide bonds. The molecule has 5 heteroatoms. The SMILES string of the molecule is CC1Cc2ccccc2N1C(=O)c1ccnc(C(=O)N2CCCc3ccccc32)c1. The molecule has 0 bridgehead atoms. The number of aryl methyl sites for hydroxylation is 1. The van der Waals surface area contributed by atoms with Crippen molar-refractivity contribution in [3.8, 4) is 0 Å². The summed E-state index contributed by atoms with van der Waals surface area (Å²) in [6.07, 6.45) is 4.29. The molecular formula is C25H23N3O2. The molecule has 1 aromatic heterocycles. The minimum absolute atomic E-state index is 0.0798. The molecule has 0 saturated carbocycles. The van der Waals surface area contributed by atoms with Crippen LogP contribution in [0.15, 0.2) is 66.9 Å². The van der Waals surface area contributed by atoms with Gasteiger partial charge in [-0.15, -0.1) is 0 Å². The number of para-hydroxylation sites is 2. The molecule has 0 spiro atoms. The molecule has 0 radical (unpaired) electrons. The van der Waals surface area contributed by atoms with Gasteiger partial charge in [0, 0.05) is 35.7 Å². The van der Waals surface area contributed by atoms with Crippen LogP contribution < -0.4 is 9.80 Å². The second kappa shape index (κ2) is 7.41. The molecule has 0 fully saturated rings. The average Bonchev–Trinajstić information content (AvgIpc) is 3.13. The molecule has 3 heterocycles. The largest absolute Gasteiger partial charge is 0.307 e. The third-order valence-electron chi connectivity index (χ3n) is 6.01. The topological polar surface area (TPSA) is 53.5 Å². The Morgan fingerprint density at radius 2 is 1.67 bits per heavy atom. The molecule has 2 aromatic carbocycles. The molecule has 1 unspecified atom stereocenters. The number of anilines is 2. The number of carbonyl (C=O) groups is 2. The van der Waals surface area contributed by atoms with Gasteiger partial charge in [0.15, 0.2) is 0 Å². The predicted molar refractivity (Wildman–Crippen MR) is 117 cm³/mol. The van der Waals surface area contributed by atoms with E-state index in [4.69, 9.17) is 0 Å². The molecule has 0 saturated heterocycles. The van der Waals surface area contributed by atoms with Gasteiger partial charge < -0.3 is 9.80 Å². The van der Waals surface area contributed by atoms with Crippen molar-refractivity contribution >= 4 is 23.2 Å². The molecule has 5 rings (SSSR count).